The third-order valence-electron chi connectivity index (χ3n) is 2.55. The molecule has 0 bridgehead atoms. The number of piperidine rings is 1. The van der Waals surface area contributed by atoms with E-state index in [1.165, 1.54) is 5.06 Å². The Kier molecular flexibility index (Phi) is 2.60. The molecule has 0 aliphatic carbocycles. The molecule has 1 aliphatic heterocycles. The number of nitrogens with two attached hydrogens (primary N) is 1. The highest BCUT2D eigenvalue weighted by Crippen LogP contribution is 2.28. The molecule has 1 fully saturated rings. The van der Waals surface area contributed by atoms with Crippen LogP contribution in [0, 0.1) is 0 Å². The molecule has 2 heterocycles. The van der Waals surface area contributed by atoms with Crippen molar-refractivity contribution in [3.05, 3.63) is 18.0 Å². The van der Waals surface area contributed by atoms with Crippen molar-refractivity contribution >= 4 is 5.95 Å². The lowest BCUT2D eigenvalue weighted by Gasteiger charge is -2.30. The Hall–Kier alpha value is -1.20. The van der Waals surface area contributed by atoms with Gasteiger partial charge in [0.25, 0.3) is 0 Å². The van der Waals surface area contributed by atoms with Crippen LogP contribution in [-0.4, -0.2) is 26.8 Å². The smallest absolute Gasteiger partial charge is 0.219 e. The molecule has 1 atom stereocenters. The van der Waals surface area contributed by atoms with Gasteiger partial charge in [0, 0.05) is 24.5 Å². The summed E-state index contributed by atoms with van der Waals surface area (Å²) in [6.45, 7) is 0.717. The van der Waals surface area contributed by atoms with Gasteiger partial charge in [-0.25, -0.2) is 9.97 Å². The van der Waals surface area contributed by atoms with Gasteiger partial charge in [-0.1, -0.05) is 6.42 Å². The number of anilines is 1. The van der Waals surface area contributed by atoms with Crippen LogP contribution < -0.4 is 5.73 Å². The van der Waals surface area contributed by atoms with Crippen LogP contribution in [0.4, 0.5) is 5.95 Å². The first kappa shape index (κ1) is 9.36. The Balaban J connectivity index is 2.16. The fraction of sp³-hybridized carbons (Fsp3) is 0.556. The highest BCUT2D eigenvalue weighted by molar-refractivity contribution is 5.19. The van der Waals surface area contributed by atoms with Gasteiger partial charge in [0.05, 0.1) is 6.04 Å². The molecule has 5 heteroatoms. The second-order valence-electron chi connectivity index (χ2n) is 3.55. The van der Waals surface area contributed by atoms with E-state index in [1.54, 1.807) is 12.4 Å². The first-order valence-electron chi connectivity index (χ1n) is 4.80. The number of hydroxylamine groups is 2. The Morgan fingerprint density at radius 1 is 1.36 bits per heavy atom. The molecule has 1 aromatic rings. The van der Waals surface area contributed by atoms with Gasteiger partial charge in [-0.3, -0.25) is 0 Å². The zero-order chi connectivity index (χ0) is 9.97. The average molecular weight is 194 g/mol. The van der Waals surface area contributed by atoms with E-state index in [1.807, 2.05) is 0 Å². The highest BCUT2D eigenvalue weighted by Gasteiger charge is 2.22. The lowest BCUT2D eigenvalue weighted by molar-refractivity contribution is -0.144. The minimum absolute atomic E-state index is 0.0318. The van der Waals surface area contributed by atoms with Gasteiger partial charge in [0.1, 0.15) is 0 Å². The molecular weight excluding hydrogens is 180 g/mol. The van der Waals surface area contributed by atoms with Crippen molar-refractivity contribution in [3.8, 4) is 0 Å². The molecular formula is C9H14N4O. The molecule has 1 aromatic heterocycles. The van der Waals surface area contributed by atoms with Crippen molar-refractivity contribution in [3.63, 3.8) is 0 Å². The number of nitrogens with zero attached hydrogens (tertiary/aromatic N) is 3. The topological polar surface area (TPSA) is 75.3 Å². The summed E-state index contributed by atoms with van der Waals surface area (Å²) in [7, 11) is 0. The van der Waals surface area contributed by atoms with Crippen molar-refractivity contribution in [1.82, 2.24) is 15.0 Å². The summed E-state index contributed by atoms with van der Waals surface area (Å²) in [6.07, 6.45) is 6.49. The van der Waals surface area contributed by atoms with Crippen molar-refractivity contribution < 1.29 is 5.21 Å². The van der Waals surface area contributed by atoms with E-state index in [-0.39, 0.29) is 12.0 Å². The summed E-state index contributed by atoms with van der Waals surface area (Å²) in [4.78, 5) is 7.84. The Morgan fingerprint density at radius 2 is 2.07 bits per heavy atom. The summed E-state index contributed by atoms with van der Waals surface area (Å²) in [6, 6.07) is 0.0318. The fourth-order valence-corrected chi connectivity index (χ4v) is 1.78. The largest absolute Gasteiger partial charge is 0.368 e. The molecule has 1 saturated heterocycles. The monoisotopic (exact) mass is 194 g/mol. The average Bonchev–Trinajstić information content (AvgIpc) is 2.20. The van der Waals surface area contributed by atoms with E-state index in [4.69, 9.17) is 5.73 Å². The van der Waals surface area contributed by atoms with E-state index in [0.717, 1.165) is 31.4 Å². The quantitative estimate of drug-likeness (QED) is 0.696. The first-order chi connectivity index (χ1) is 6.77. The van der Waals surface area contributed by atoms with Crippen molar-refractivity contribution in [2.45, 2.75) is 25.3 Å². The Bertz CT molecular complexity index is 300. The van der Waals surface area contributed by atoms with E-state index in [9.17, 15) is 5.21 Å². The molecule has 1 aliphatic rings. The van der Waals surface area contributed by atoms with Crippen LogP contribution in [0.2, 0.25) is 0 Å². The summed E-state index contributed by atoms with van der Waals surface area (Å²) >= 11 is 0. The summed E-state index contributed by atoms with van der Waals surface area (Å²) in [5.74, 6) is 0.272. The lowest BCUT2D eigenvalue weighted by atomic mass is 9.99. The lowest BCUT2D eigenvalue weighted by Crippen LogP contribution is -2.30. The van der Waals surface area contributed by atoms with Gasteiger partial charge in [-0.05, 0) is 12.8 Å². The van der Waals surface area contributed by atoms with Crippen molar-refractivity contribution in [1.29, 1.82) is 0 Å². The Morgan fingerprint density at radius 3 is 2.71 bits per heavy atom. The van der Waals surface area contributed by atoms with Gasteiger partial charge >= 0.3 is 0 Å². The standard InChI is InChI=1S/C9H14N4O/c10-9-11-5-7(6-12-9)8-3-1-2-4-13(8)14/h5-6,8,14H,1-4H2,(H2,10,11,12). The van der Waals surface area contributed by atoms with Crippen LogP contribution >= 0.6 is 0 Å². The van der Waals surface area contributed by atoms with Crippen LogP contribution in [0.15, 0.2) is 12.4 Å². The van der Waals surface area contributed by atoms with E-state index in [2.05, 4.69) is 9.97 Å². The second-order valence-corrected chi connectivity index (χ2v) is 3.55. The van der Waals surface area contributed by atoms with Crippen LogP contribution in [0.3, 0.4) is 0 Å². The number of hydrogen-bond acceptors (Lipinski definition) is 5. The van der Waals surface area contributed by atoms with Crippen LogP contribution in [0.1, 0.15) is 30.9 Å². The fourth-order valence-electron chi connectivity index (χ4n) is 1.78. The van der Waals surface area contributed by atoms with Crippen molar-refractivity contribution in [2.24, 2.45) is 0 Å². The van der Waals surface area contributed by atoms with Gasteiger partial charge in [-0.2, -0.15) is 5.06 Å². The molecule has 3 N–H and O–H groups in total. The molecule has 5 nitrogen and oxygen atoms in total. The van der Waals surface area contributed by atoms with Crippen LogP contribution in [0.5, 0.6) is 0 Å². The molecule has 0 amide bonds. The molecule has 0 saturated carbocycles. The zero-order valence-corrected chi connectivity index (χ0v) is 7.93. The van der Waals surface area contributed by atoms with Crippen LogP contribution in [0.25, 0.3) is 0 Å². The third kappa shape index (κ3) is 1.83. The van der Waals surface area contributed by atoms with Crippen LogP contribution in [-0.2, 0) is 0 Å². The predicted octanol–water partition coefficient (Wildman–Crippen LogP) is 0.975. The number of nitrogen functional groups attached to an aromatic ring is 1. The highest BCUT2D eigenvalue weighted by atomic mass is 16.5. The van der Waals surface area contributed by atoms with Gasteiger partial charge in [-0.15, -0.1) is 0 Å². The molecule has 0 radical (unpaired) electrons. The number of aromatic nitrogens is 2. The van der Waals surface area contributed by atoms with E-state index >= 15 is 0 Å². The van der Waals surface area contributed by atoms with Gasteiger partial charge in [0.15, 0.2) is 0 Å². The molecule has 14 heavy (non-hydrogen) atoms. The maximum atomic E-state index is 9.64. The third-order valence-corrected chi connectivity index (χ3v) is 2.55. The normalized spacial score (nSPS) is 23.6. The van der Waals surface area contributed by atoms with E-state index < -0.39 is 0 Å². The van der Waals surface area contributed by atoms with E-state index in [0.29, 0.717) is 0 Å². The zero-order valence-electron chi connectivity index (χ0n) is 7.93. The number of hydrogen-bond donors (Lipinski definition) is 2. The second kappa shape index (κ2) is 3.89. The van der Waals surface area contributed by atoms with Crippen molar-refractivity contribution in [2.75, 3.05) is 12.3 Å². The summed E-state index contributed by atoms with van der Waals surface area (Å²) < 4.78 is 0. The minimum atomic E-state index is 0.0318. The predicted molar refractivity (Wildman–Crippen MR) is 51.5 cm³/mol. The molecule has 0 spiro atoms. The SMILES string of the molecule is Nc1ncc(C2CCCCN2O)cn1. The molecule has 76 valence electrons. The Labute approximate surface area is 82.5 Å². The summed E-state index contributed by atoms with van der Waals surface area (Å²) in [5.41, 5.74) is 6.32. The first-order valence-corrected chi connectivity index (χ1v) is 4.80. The minimum Gasteiger partial charge on any atom is -0.368 e. The summed E-state index contributed by atoms with van der Waals surface area (Å²) in [5, 5.41) is 11.0. The maximum Gasteiger partial charge on any atom is 0.219 e. The number of rotatable bonds is 1. The molecule has 0 aromatic carbocycles. The molecule has 1 unspecified atom stereocenters. The maximum absolute atomic E-state index is 9.64. The molecule has 2 rings (SSSR count). The van der Waals surface area contributed by atoms with Gasteiger partial charge in [0.2, 0.25) is 5.95 Å². The van der Waals surface area contributed by atoms with Gasteiger partial charge < -0.3 is 10.9 Å².